The van der Waals surface area contributed by atoms with Gasteiger partial charge in [-0.1, -0.05) is 12.1 Å². The van der Waals surface area contributed by atoms with Crippen LogP contribution in [0.1, 0.15) is 12.5 Å². The first-order valence-corrected chi connectivity index (χ1v) is 7.96. The second kappa shape index (κ2) is 6.61. The molecule has 1 aliphatic rings. The summed E-state index contributed by atoms with van der Waals surface area (Å²) in [5, 5.41) is 3.15. The lowest BCUT2D eigenvalue weighted by Crippen LogP contribution is -2.59. The van der Waals surface area contributed by atoms with Crippen LogP contribution in [0.5, 0.6) is 0 Å². The molecule has 1 heterocycles. The average molecular weight is 294 g/mol. The number of nitrogens with one attached hydrogen (secondary N) is 1. The maximum Gasteiger partial charge on any atom is 0.248 e. The van der Waals surface area contributed by atoms with E-state index >= 15 is 0 Å². The fourth-order valence-electron chi connectivity index (χ4n) is 2.02. The Bertz CT molecular complexity index is 457. The highest BCUT2D eigenvalue weighted by Crippen LogP contribution is 2.17. The first kappa shape index (κ1) is 15.4. The number of rotatable bonds is 6. The Kier molecular flexibility index (Phi) is 5.07. The number of ether oxygens (including phenoxy) is 1. The molecule has 1 N–H and O–H groups in total. The predicted octanol–water partition coefficient (Wildman–Crippen LogP) is 1.75. The molecular weight excluding hydrogens is 272 g/mol. The van der Waals surface area contributed by atoms with Crippen LogP contribution >= 0.6 is 11.8 Å². The van der Waals surface area contributed by atoms with Crippen LogP contribution in [0.4, 0.5) is 0 Å². The Labute approximate surface area is 124 Å². The van der Waals surface area contributed by atoms with Crippen LogP contribution in [-0.4, -0.2) is 49.4 Å². The second-order valence-corrected chi connectivity index (χ2v) is 6.32. The molecule has 0 unspecified atom stereocenters. The third-order valence-electron chi connectivity index (χ3n) is 3.55. The standard InChI is InChI=1S/C15H22N2O2S/c1-15(10-16-11-15)19-9-14(18)17(2)8-12-4-6-13(20-3)7-5-12/h4-7,16H,8-11H2,1-3H3. The summed E-state index contributed by atoms with van der Waals surface area (Å²) >= 11 is 1.72. The van der Waals surface area contributed by atoms with Gasteiger partial charge in [-0.3, -0.25) is 4.79 Å². The Morgan fingerprint density at radius 1 is 1.40 bits per heavy atom. The number of thioether (sulfide) groups is 1. The van der Waals surface area contributed by atoms with Crippen molar-refractivity contribution in [1.82, 2.24) is 10.2 Å². The van der Waals surface area contributed by atoms with Gasteiger partial charge in [0.15, 0.2) is 0 Å². The number of amides is 1. The van der Waals surface area contributed by atoms with Crippen molar-refractivity contribution in [3.8, 4) is 0 Å². The van der Waals surface area contributed by atoms with Gasteiger partial charge in [-0.25, -0.2) is 0 Å². The molecule has 1 aliphatic heterocycles. The summed E-state index contributed by atoms with van der Waals surface area (Å²) in [7, 11) is 1.82. The summed E-state index contributed by atoms with van der Waals surface area (Å²) in [6.07, 6.45) is 2.05. The van der Waals surface area contributed by atoms with Gasteiger partial charge < -0.3 is 15.0 Å². The van der Waals surface area contributed by atoms with E-state index < -0.39 is 0 Å². The number of hydrogen-bond acceptors (Lipinski definition) is 4. The highest BCUT2D eigenvalue weighted by molar-refractivity contribution is 7.98. The minimum Gasteiger partial charge on any atom is -0.363 e. The quantitative estimate of drug-likeness (QED) is 0.812. The predicted molar refractivity (Wildman–Crippen MR) is 81.9 cm³/mol. The topological polar surface area (TPSA) is 41.6 Å². The van der Waals surface area contributed by atoms with Crippen LogP contribution in [0.25, 0.3) is 0 Å². The molecule has 1 saturated heterocycles. The summed E-state index contributed by atoms with van der Waals surface area (Å²) < 4.78 is 5.67. The van der Waals surface area contributed by atoms with E-state index in [0.29, 0.717) is 6.54 Å². The molecule has 0 saturated carbocycles. The van der Waals surface area contributed by atoms with Crippen LogP contribution in [-0.2, 0) is 16.1 Å². The Hall–Kier alpha value is -1.04. The monoisotopic (exact) mass is 294 g/mol. The Balaban J connectivity index is 1.80. The van der Waals surface area contributed by atoms with Crippen molar-refractivity contribution in [2.24, 2.45) is 0 Å². The average Bonchev–Trinajstić information content (AvgIpc) is 2.43. The fraction of sp³-hybridized carbons (Fsp3) is 0.533. The summed E-state index contributed by atoms with van der Waals surface area (Å²) in [6.45, 7) is 4.43. The maximum absolute atomic E-state index is 12.0. The zero-order valence-corrected chi connectivity index (χ0v) is 13.1. The van der Waals surface area contributed by atoms with Gasteiger partial charge >= 0.3 is 0 Å². The minimum absolute atomic E-state index is 0.0204. The SMILES string of the molecule is CSc1ccc(CN(C)C(=O)COC2(C)CNC2)cc1. The van der Waals surface area contributed by atoms with Crippen LogP contribution in [0.15, 0.2) is 29.2 Å². The normalized spacial score (nSPS) is 16.6. The molecule has 20 heavy (non-hydrogen) atoms. The van der Waals surface area contributed by atoms with E-state index in [1.807, 2.05) is 14.0 Å². The van der Waals surface area contributed by atoms with Gasteiger partial charge in [0.1, 0.15) is 6.61 Å². The van der Waals surface area contributed by atoms with Crippen molar-refractivity contribution in [2.45, 2.75) is 24.0 Å². The number of carbonyl (C=O) groups excluding carboxylic acids is 1. The molecule has 4 nitrogen and oxygen atoms in total. The Morgan fingerprint density at radius 3 is 2.55 bits per heavy atom. The molecule has 2 rings (SSSR count). The number of benzene rings is 1. The van der Waals surface area contributed by atoms with E-state index in [4.69, 9.17) is 4.74 Å². The number of likely N-dealkylation sites (N-methyl/N-ethyl adjacent to an activating group) is 1. The molecule has 1 aromatic carbocycles. The van der Waals surface area contributed by atoms with E-state index in [2.05, 4.69) is 35.8 Å². The lowest BCUT2D eigenvalue weighted by atomic mass is 10.0. The first-order chi connectivity index (χ1) is 9.52. The van der Waals surface area contributed by atoms with E-state index in [9.17, 15) is 4.79 Å². The van der Waals surface area contributed by atoms with Gasteiger partial charge in [-0.15, -0.1) is 11.8 Å². The van der Waals surface area contributed by atoms with Gasteiger partial charge in [0.2, 0.25) is 5.91 Å². The summed E-state index contributed by atoms with van der Waals surface area (Å²) in [5.41, 5.74) is 0.964. The summed E-state index contributed by atoms with van der Waals surface area (Å²) in [5.74, 6) is 0.0204. The molecule has 0 radical (unpaired) electrons. The van der Waals surface area contributed by atoms with Gasteiger partial charge in [-0.05, 0) is 30.9 Å². The van der Waals surface area contributed by atoms with Crippen LogP contribution in [0.2, 0.25) is 0 Å². The van der Waals surface area contributed by atoms with Crippen LogP contribution in [0, 0.1) is 0 Å². The van der Waals surface area contributed by atoms with Crippen molar-refractivity contribution in [3.63, 3.8) is 0 Å². The van der Waals surface area contributed by atoms with Gasteiger partial charge in [0, 0.05) is 31.6 Å². The van der Waals surface area contributed by atoms with Crippen molar-refractivity contribution in [1.29, 1.82) is 0 Å². The van der Waals surface area contributed by atoms with Crippen molar-refractivity contribution in [3.05, 3.63) is 29.8 Å². The van der Waals surface area contributed by atoms with E-state index in [-0.39, 0.29) is 18.1 Å². The van der Waals surface area contributed by atoms with Crippen molar-refractivity contribution < 1.29 is 9.53 Å². The van der Waals surface area contributed by atoms with Crippen molar-refractivity contribution >= 4 is 17.7 Å². The molecule has 110 valence electrons. The third-order valence-corrected chi connectivity index (χ3v) is 4.29. The minimum atomic E-state index is -0.170. The molecular formula is C15H22N2O2S. The van der Waals surface area contributed by atoms with Gasteiger partial charge in [0.25, 0.3) is 0 Å². The smallest absolute Gasteiger partial charge is 0.248 e. The zero-order chi connectivity index (χ0) is 14.6. The molecule has 1 fully saturated rings. The van der Waals surface area contributed by atoms with E-state index in [1.54, 1.807) is 16.7 Å². The molecule has 0 aliphatic carbocycles. The van der Waals surface area contributed by atoms with Crippen molar-refractivity contribution in [2.75, 3.05) is 33.0 Å². The third kappa shape index (κ3) is 3.98. The zero-order valence-electron chi connectivity index (χ0n) is 12.3. The summed E-state index contributed by atoms with van der Waals surface area (Å²) in [4.78, 5) is 15.0. The molecule has 0 atom stereocenters. The fourth-order valence-corrected chi connectivity index (χ4v) is 2.43. The lowest BCUT2D eigenvalue weighted by Gasteiger charge is -2.39. The molecule has 0 spiro atoms. The number of carbonyl (C=O) groups is 1. The largest absolute Gasteiger partial charge is 0.363 e. The van der Waals surface area contributed by atoms with Crippen LogP contribution < -0.4 is 5.32 Å². The molecule has 0 aromatic heterocycles. The number of hydrogen-bond donors (Lipinski definition) is 1. The molecule has 1 aromatic rings. The van der Waals surface area contributed by atoms with Gasteiger partial charge in [-0.2, -0.15) is 0 Å². The van der Waals surface area contributed by atoms with Crippen LogP contribution in [0.3, 0.4) is 0 Å². The molecule has 5 heteroatoms. The van der Waals surface area contributed by atoms with Gasteiger partial charge in [0.05, 0.1) is 5.60 Å². The second-order valence-electron chi connectivity index (χ2n) is 5.44. The molecule has 0 bridgehead atoms. The molecule has 1 amide bonds. The van der Waals surface area contributed by atoms with E-state index in [1.165, 1.54) is 4.90 Å². The lowest BCUT2D eigenvalue weighted by molar-refractivity contribution is -0.145. The Morgan fingerprint density at radius 2 is 2.05 bits per heavy atom. The number of nitrogens with zero attached hydrogens (tertiary/aromatic N) is 1. The summed E-state index contributed by atoms with van der Waals surface area (Å²) in [6, 6.07) is 8.28. The highest BCUT2D eigenvalue weighted by atomic mass is 32.2. The first-order valence-electron chi connectivity index (χ1n) is 6.74. The highest BCUT2D eigenvalue weighted by Gasteiger charge is 2.33. The van der Waals surface area contributed by atoms with E-state index in [0.717, 1.165) is 18.7 Å². The maximum atomic E-state index is 12.0.